The molecule has 5 nitrogen and oxygen atoms in total. The van der Waals surface area contributed by atoms with Crippen LogP contribution in [0.1, 0.15) is 18.5 Å². The van der Waals surface area contributed by atoms with Gasteiger partial charge in [-0.1, -0.05) is 12.1 Å². The Bertz CT molecular complexity index is 522. The zero-order valence-electron chi connectivity index (χ0n) is 10.6. The van der Waals surface area contributed by atoms with Gasteiger partial charge in [0, 0.05) is 12.3 Å². The van der Waals surface area contributed by atoms with E-state index in [0.717, 1.165) is 11.8 Å². The highest BCUT2D eigenvalue weighted by Crippen LogP contribution is 2.20. The summed E-state index contributed by atoms with van der Waals surface area (Å²) in [6.07, 6.45) is 1.15. The average Bonchev–Trinajstić information content (AvgIpc) is 2.26. The van der Waals surface area contributed by atoms with Gasteiger partial charge in [0.15, 0.2) is 9.84 Å². The number of benzene rings is 1. The molecule has 0 aliphatic rings. The van der Waals surface area contributed by atoms with Crippen LogP contribution in [0.5, 0.6) is 0 Å². The van der Waals surface area contributed by atoms with Crippen LogP contribution in [0.25, 0.3) is 0 Å². The highest BCUT2D eigenvalue weighted by molar-refractivity contribution is 7.90. The zero-order valence-corrected chi connectivity index (χ0v) is 11.4. The smallest absolute Gasteiger partial charge is 0.317 e. The van der Waals surface area contributed by atoms with Gasteiger partial charge in [0.2, 0.25) is 0 Å². The van der Waals surface area contributed by atoms with E-state index in [1.54, 1.807) is 24.1 Å². The van der Waals surface area contributed by atoms with Gasteiger partial charge in [-0.25, -0.2) is 8.42 Å². The quantitative estimate of drug-likeness (QED) is 0.870. The van der Waals surface area contributed by atoms with Crippen LogP contribution in [0.15, 0.2) is 29.2 Å². The van der Waals surface area contributed by atoms with Crippen molar-refractivity contribution in [2.45, 2.75) is 17.9 Å². The lowest BCUT2D eigenvalue weighted by Gasteiger charge is -2.23. The molecule has 1 unspecified atom stereocenters. The van der Waals surface area contributed by atoms with Gasteiger partial charge in [-0.05, 0) is 31.7 Å². The number of likely N-dealkylation sites (N-methyl/N-ethyl adjacent to an activating group) is 1. The van der Waals surface area contributed by atoms with Gasteiger partial charge in [0.05, 0.1) is 11.4 Å². The molecule has 0 saturated carbocycles. The third kappa shape index (κ3) is 3.82. The van der Waals surface area contributed by atoms with Crippen molar-refractivity contribution in [3.63, 3.8) is 0 Å². The lowest BCUT2D eigenvalue weighted by atomic mass is 10.1. The van der Waals surface area contributed by atoms with Crippen LogP contribution in [0.4, 0.5) is 0 Å². The molecule has 1 rings (SSSR count). The molecule has 1 aromatic carbocycles. The van der Waals surface area contributed by atoms with Crippen LogP contribution >= 0.6 is 0 Å². The minimum atomic E-state index is -3.19. The van der Waals surface area contributed by atoms with E-state index < -0.39 is 15.8 Å². The van der Waals surface area contributed by atoms with Crippen molar-refractivity contribution < 1.29 is 18.3 Å². The third-order valence-corrected chi connectivity index (χ3v) is 3.96. The molecule has 0 spiro atoms. The molecule has 18 heavy (non-hydrogen) atoms. The number of nitrogens with zero attached hydrogens (tertiary/aromatic N) is 1. The van der Waals surface area contributed by atoms with Gasteiger partial charge >= 0.3 is 5.97 Å². The molecule has 6 heteroatoms. The Balaban J connectivity index is 2.88. The Morgan fingerprint density at radius 1 is 1.33 bits per heavy atom. The molecule has 1 aromatic rings. The number of aliphatic carboxylic acids is 1. The van der Waals surface area contributed by atoms with Crippen molar-refractivity contribution in [1.29, 1.82) is 0 Å². The fourth-order valence-corrected chi connectivity index (χ4v) is 2.23. The van der Waals surface area contributed by atoms with Gasteiger partial charge in [-0.3, -0.25) is 9.69 Å². The number of hydrogen-bond donors (Lipinski definition) is 1. The second kappa shape index (κ2) is 5.49. The fourth-order valence-electron chi connectivity index (χ4n) is 1.60. The maximum absolute atomic E-state index is 11.3. The molecule has 0 aliphatic heterocycles. The highest BCUT2D eigenvalue weighted by Gasteiger charge is 2.15. The number of hydrogen-bond acceptors (Lipinski definition) is 4. The van der Waals surface area contributed by atoms with Gasteiger partial charge in [-0.15, -0.1) is 0 Å². The van der Waals surface area contributed by atoms with Crippen LogP contribution in [0.2, 0.25) is 0 Å². The first-order valence-corrected chi connectivity index (χ1v) is 7.33. The van der Waals surface area contributed by atoms with Crippen molar-refractivity contribution >= 4 is 15.8 Å². The molecule has 0 aromatic heterocycles. The SMILES string of the molecule is CC(c1ccc(S(C)(=O)=O)cc1)N(C)CC(=O)O. The van der Waals surface area contributed by atoms with E-state index in [1.165, 1.54) is 12.1 Å². The first-order chi connectivity index (χ1) is 8.21. The van der Waals surface area contributed by atoms with Crippen molar-refractivity contribution in [3.8, 4) is 0 Å². The number of carboxylic acids is 1. The minimum absolute atomic E-state index is 0.0605. The van der Waals surface area contributed by atoms with Crippen molar-refractivity contribution in [3.05, 3.63) is 29.8 Å². The number of rotatable bonds is 5. The first kappa shape index (κ1) is 14.7. The molecule has 0 bridgehead atoms. The summed E-state index contributed by atoms with van der Waals surface area (Å²) in [6, 6.07) is 6.40. The van der Waals surface area contributed by atoms with E-state index >= 15 is 0 Å². The normalized spacial score (nSPS) is 13.6. The summed E-state index contributed by atoms with van der Waals surface area (Å²) in [4.78, 5) is 12.6. The van der Waals surface area contributed by atoms with E-state index in [4.69, 9.17) is 5.11 Å². The van der Waals surface area contributed by atoms with Crippen LogP contribution in [0, 0.1) is 0 Å². The Labute approximate surface area is 107 Å². The third-order valence-electron chi connectivity index (χ3n) is 2.84. The zero-order chi connectivity index (χ0) is 13.9. The molecular formula is C12H17NO4S. The molecule has 0 fully saturated rings. The number of sulfone groups is 1. The molecule has 0 heterocycles. The Hall–Kier alpha value is -1.40. The van der Waals surface area contributed by atoms with Gasteiger partial charge < -0.3 is 5.11 Å². The van der Waals surface area contributed by atoms with Gasteiger partial charge in [0.1, 0.15) is 0 Å². The fraction of sp³-hybridized carbons (Fsp3) is 0.417. The van der Waals surface area contributed by atoms with Crippen LogP contribution in [0.3, 0.4) is 0 Å². The second-order valence-corrected chi connectivity index (χ2v) is 6.34. The van der Waals surface area contributed by atoms with E-state index in [-0.39, 0.29) is 17.5 Å². The summed E-state index contributed by atoms with van der Waals surface area (Å²) in [5, 5.41) is 8.71. The Morgan fingerprint density at radius 2 is 1.83 bits per heavy atom. The molecule has 0 saturated heterocycles. The molecule has 0 aliphatic carbocycles. The summed E-state index contributed by atoms with van der Waals surface area (Å²) >= 11 is 0. The minimum Gasteiger partial charge on any atom is -0.480 e. The number of carbonyl (C=O) groups is 1. The topological polar surface area (TPSA) is 74.7 Å². The lowest BCUT2D eigenvalue weighted by Crippen LogP contribution is -2.28. The molecule has 0 radical (unpaired) electrons. The van der Waals surface area contributed by atoms with Crippen molar-refractivity contribution in [2.75, 3.05) is 19.8 Å². The van der Waals surface area contributed by atoms with Crippen LogP contribution in [-0.4, -0.2) is 44.2 Å². The monoisotopic (exact) mass is 271 g/mol. The second-order valence-electron chi connectivity index (χ2n) is 4.33. The van der Waals surface area contributed by atoms with Crippen molar-refractivity contribution in [1.82, 2.24) is 4.90 Å². The highest BCUT2D eigenvalue weighted by atomic mass is 32.2. The largest absolute Gasteiger partial charge is 0.480 e. The molecule has 100 valence electrons. The Morgan fingerprint density at radius 3 is 2.22 bits per heavy atom. The maximum atomic E-state index is 11.3. The summed E-state index contributed by atoms with van der Waals surface area (Å²) in [6.45, 7) is 1.81. The van der Waals surface area contributed by atoms with Crippen LogP contribution in [-0.2, 0) is 14.6 Å². The predicted octanol–water partition coefficient (Wildman–Crippen LogP) is 1.17. The summed E-state index contributed by atoms with van der Waals surface area (Å²) in [7, 11) is -1.48. The van der Waals surface area contributed by atoms with Crippen molar-refractivity contribution in [2.24, 2.45) is 0 Å². The standard InChI is InChI=1S/C12H17NO4S/c1-9(13(2)8-12(14)15)10-4-6-11(7-5-10)18(3,16)17/h4-7,9H,8H2,1-3H3,(H,14,15). The number of carboxylic acid groups (broad SMARTS) is 1. The summed E-state index contributed by atoms with van der Waals surface area (Å²) in [5.41, 5.74) is 0.881. The van der Waals surface area contributed by atoms with E-state index in [9.17, 15) is 13.2 Å². The molecule has 1 atom stereocenters. The van der Waals surface area contributed by atoms with E-state index in [0.29, 0.717) is 0 Å². The van der Waals surface area contributed by atoms with Gasteiger partial charge in [-0.2, -0.15) is 0 Å². The average molecular weight is 271 g/mol. The van der Waals surface area contributed by atoms with Crippen LogP contribution < -0.4 is 0 Å². The maximum Gasteiger partial charge on any atom is 0.317 e. The summed E-state index contributed by atoms with van der Waals surface area (Å²) < 4.78 is 22.6. The van der Waals surface area contributed by atoms with E-state index in [2.05, 4.69) is 0 Å². The summed E-state index contributed by atoms with van der Waals surface area (Å²) in [5.74, 6) is -0.892. The molecular weight excluding hydrogens is 254 g/mol. The predicted molar refractivity (Wildman–Crippen MR) is 68.2 cm³/mol. The lowest BCUT2D eigenvalue weighted by molar-refractivity contribution is -0.138. The van der Waals surface area contributed by atoms with E-state index in [1.807, 2.05) is 6.92 Å². The molecule has 1 N–H and O–H groups in total. The molecule has 0 amide bonds. The first-order valence-electron chi connectivity index (χ1n) is 5.44. The Kier molecular flexibility index (Phi) is 4.48. The van der Waals surface area contributed by atoms with Gasteiger partial charge in [0.25, 0.3) is 0 Å².